The Morgan fingerprint density at radius 1 is 1.47 bits per heavy atom. The summed E-state index contributed by atoms with van der Waals surface area (Å²) in [5.41, 5.74) is 2.60. The van der Waals surface area contributed by atoms with Crippen molar-refractivity contribution >= 4 is 0 Å². The van der Waals surface area contributed by atoms with Crippen molar-refractivity contribution in [2.24, 2.45) is 0 Å². The quantitative estimate of drug-likeness (QED) is 0.355. The SMILES string of the molecule is CCCCC=CN(O)NC(C)C(O)CO. The molecule has 5 heteroatoms. The molecule has 5 nitrogen and oxygen atoms in total. The Morgan fingerprint density at radius 3 is 2.67 bits per heavy atom. The van der Waals surface area contributed by atoms with Crippen LogP contribution in [0.4, 0.5) is 0 Å². The first-order valence-corrected chi connectivity index (χ1v) is 5.31. The molecular formula is C10H22N2O3. The lowest BCUT2D eigenvalue weighted by molar-refractivity contribution is -0.112. The van der Waals surface area contributed by atoms with Crippen LogP contribution in [0.25, 0.3) is 0 Å². The molecule has 0 aliphatic heterocycles. The Kier molecular flexibility index (Phi) is 8.31. The molecule has 0 heterocycles. The molecule has 0 saturated carbocycles. The van der Waals surface area contributed by atoms with Crippen molar-refractivity contribution in [2.75, 3.05) is 6.61 Å². The van der Waals surface area contributed by atoms with Crippen molar-refractivity contribution in [1.82, 2.24) is 10.6 Å². The van der Waals surface area contributed by atoms with E-state index in [1.165, 1.54) is 6.20 Å². The second-order valence-corrected chi connectivity index (χ2v) is 3.54. The third-order valence-corrected chi connectivity index (χ3v) is 2.07. The third kappa shape index (κ3) is 7.33. The van der Waals surface area contributed by atoms with Crippen LogP contribution in [-0.2, 0) is 0 Å². The molecule has 2 unspecified atom stereocenters. The summed E-state index contributed by atoms with van der Waals surface area (Å²) in [4.78, 5) is 0. The highest BCUT2D eigenvalue weighted by Crippen LogP contribution is 1.96. The van der Waals surface area contributed by atoms with Crippen molar-refractivity contribution in [1.29, 1.82) is 0 Å². The summed E-state index contributed by atoms with van der Waals surface area (Å²) in [6.07, 6.45) is 5.56. The molecule has 0 rings (SSSR count). The second-order valence-electron chi connectivity index (χ2n) is 3.54. The maximum Gasteiger partial charge on any atom is 0.0939 e. The maximum atomic E-state index is 9.31. The molecule has 0 aliphatic carbocycles. The Bertz CT molecular complexity index is 176. The molecule has 0 aromatic rings. The van der Waals surface area contributed by atoms with E-state index in [0.29, 0.717) is 0 Å². The van der Waals surface area contributed by atoms with Gasteiger partial charge in [0.05, 0.1) is 18.8 Å². The number of nitrogens with one attached hydrogen (secondary N) is 1. The fourth-order valence-corrected chi connectivity index (χ4v) is 0.992. The summed E-state index contributed by atoms with van der Waals surface area (Å²) in [5, 5.41) is 28.0. The van der Waals surface area contributed by atoms with Crippen LogP contribution in [0.1, 0.15) is 33.1 Å². The van der Waals surface area contributed by atoms with E-state index in [1.54, 1.807) is 6.92 Å². The van der Waals surface area contributed by atoms with Gasteiger partial charge in [-0.05, 0) is 13.3 Å². The normalized spacial score (nSPS) is 15.5. The van der Waals surface area contributed by atoms with E-state index in [0.717, 1.165) is 24.4 Å². The van der Waals surface area contributed by atoms with E-state index in [-0.39, 0.29) is 6.61 Å². The predicted octanol–water partition coefficient (Wildman–Crippen LogP) is 0.628. The van der Waals surface area contributed by atoms with E-state index in [9.17, 15) is 10.3 Å². The number of hydrogen-bond acceptors (Lipinski definition) is 5. The average molecular weight is 218 g/mol. The van der Waals surface area contributed by atoms with E-state index in [2.05, 4.69) is 12.3 Å². The van der Waals surface area contributed by atoms with E-state index < -0.39 is 12.1 Å². The van der Waals surface area contributed by atoms with Gasteiger partial charge in [0.2, 0.25) is 0 Å². The summed E-state index contributed by atoms with van der Waals surface area (Å²) in [6.45, 7) is 3.44. The average Bonchev–Trinajstić information content (AvgIpc) is 2.23. The molecular weight excluding hydrogens is 196 g/mol. The van der Waals surface area contributed by atoms with E-state index in [1.807, 2.05) is 6.08 Å². The zero-order valence-corrected chi connectivity index (χ0v) is 9.43. The Morgan fingerprint density at radius 2 is 2.13 bits per heavy atom. The summed E-state index contributed by atoms with van der Waals surface area (Å²) in [7, 11) is 0. The van der Waals surface area contributed by atoms with Crippen LogP contribution in [0.15, 0.2) is 12.3 Å². The molecule has 0 aromatic carbocycles. The van der Waals surface area contributed by atoms with E-state index >= 15 is 0 Å². The topological polar surface area (TPSA) is 76.0 Å². The largest absolute Gasteiger partial charge is 0.394 e. The van der Waals surface area contributed by atoms with Gasteiger partial charge in [-0.3, -0.25) is 5.21 Å². The number of rotatable bonds is 8. The summed E-state index contributed by atoms with van der Waals surface area (Å²) < 4.78 is 0. The van der Waals surface area contributed by atoms with Gasteiger partial charge in [-0.2, -0.15) is 5.17 Å². The lowest BCUT2D eigenvalue weighted by Crippen LogP contribution is -2.45. The smallest absolute Gasteiger partial charge is 0.0939 e. The van der Waals surface area contributed by atoms with E-state index in [4.69, 9.17) is 5.11 Å². The number of unbranched alkanes of at least 4 members (excludes halogenated alkanes) is 2. The van der Waals surface area contributed by atoms with Crippen molar-refractivity contribution < 1.29 is 15.4 Å². The van der Waals surface area contributed by atoms with Crippen LogP contribution >= 0.6 is 0 Å². The molecule has 0 amide bonds. The lowest BCUT2D eigenvalue weighted by Gasteiger charge is -2.22. The van der Waals surface area contributed by atoms with Gasteiger partial charge >= 0.3 is 0 Å². The van der Waals surface area contributed by atoms with Crippen LogP contribution in [0.2, 0.25) is 0 Å². The molecule has 90 valence electrons. The first-order chi connectivity index (χ1) is 7.11. The number of hydrogen-bond donors (Lipinski definition) is 4. The van der Waals surface area contributed by atoms with Gasteiger partial charge in [0, 0.05) is 6.20 Å². The fourth-order valence-electron chi connectivity index (χ4n) is 0.992. The molecule has 0 fully saturated rings. The predicted molar refractivity (Wildman–Crippen MR) is 58.0 cm³/mol. The molecule has 15 heavy (non-hydrogen) atoms. The third-order valence-electron chi connectivity index (χ3n) is 2.07. The summed E-state index contributed by atoms with van der Waals surface area (Å²) in [5.74, 6) is 0. The number of hydroxylamine groups is 1. The number of allylic oxidation sites excluding steroid dienone is 1. The Labute approximate surface area is 91.0 Å². The van der Waals surface area contributed by atoms with Crippen molar-refractivity contribution in [3.8, 4) is 0 Å². The first-order valence-electron chi connectivity index (χ1n) is 5.31. The van der Waals surface area contributed by atoms with Crippen LogP contribution < -0.4 is 5.43 Å². The number of aliphatic hydroxyl groups is 2. The van der Waals surface area contributed by atoms with Crippen molar-refractivity contribution in [3.63, 3.8) is 0 Å². The van der Waals surface area contributed by atoms with Gasteiger partial charge in [0.15, 0.2) is 0 Å². The van der Waals surface area contributed by atoms with Crippen LogP contribution in [-0.4, -0.2) is 39.3 Å². The molecule has 0 bridgehead atoms. The standard InChI is InChI=1S/C10H22N2O3/c1-3-4-5-6-7-12(15)11-9(2)10(14)8-13/h6-7,9-11,13-15H,3-5,8H2,1-2H3. The minimum absolute atomic E-state index is 0.332. The van der Waals surface area contributed by atoms with Gasteiger partial charge in [0.1, 0.15) is 0 Å². The van der Waals surface area contributed by atoms with Gasteiger partial charge in [-0.25, -0.2) is 5.43 Å². The molecule has 2 atom stereocenters. The zero-order valence-electron chi connectivity index (χ0n) is 9.43. The highest BCUT2D eigenvalue weighted by molar-refractivity contribution is 4.78. The Hall–Kier alpha value is -0.620. The number of nitrogens with zero attached hydrogens (tertiary/aromatic N) is 1. The van der Waals surface area contributed by atoms with Gasteiger partial charge in [-0.15, -0.1) is 0 Å². The highest BCUT2D eigenvalue weighted by atomic mass is 16.5. The summed E-state index contributed by atoms with van der Waals surface area (Å²) in [6, 6.07) is -0.407. The van der Waals surface area contributed by atoms with Gasteiger partial charge in [-0.1, -0.05) is 25.8 Å². The number of hydrazine groups is 1. The molecule has 0 saturated heterocycles. The van der Waals surface area contributed by atoms with Crippen LogP contribution in [0, 0.1) is 0 Å². The van der Waals surface area contributed by atoms with Crippen molar-refractivity contribution in [3.05, 3.63) is 12.3 Å². The Balaban J connectivity index is 3.72. The number of aliphatic hydroxyl groups excluding tert-OH is 2. The van der Waals surface area contributed by atoms with Gasteiger partial charge < -0.3 is 10.2 Å². The summed E-state index contributed by atoms with van der Waals surface area (Å²) >= 11 is 0. The van der Waals surface area contributed by atoms with Gasteiger partial charge in [0.25, 0.3) is 0 Å². The van der Waals surface area contributed by atoms with Crippen LogP contribution in [0.5, 0.6) is 0 Å². The molecule has 0 aliphatic rings. The lowest BCUT2D eigenvalue weighted by atomic mass is 10.2. The van der Waals surface area contributed by atoms with Crippen molar-refractivity contribution in [2.45, 2.75) is 45.3 Å². The molecule has 0 spiro atoms. The minimum Gasteiger partial charge on any atom is -0.394 e. The molecule has 4 N–H and O–H groups in total. The maximum absolute atomic E-state index is 9.31. The molecule has 0 aromatic heterocycles. The monoisotopic (exact) mass is 218 g/mol. The first kappa shape index (κ1) is 14.4. The highest BCUT2D eigenvalue weighted by Gasteiger charge is 2.13. The van der Waals surface area contributed by atoms with Crippen LogP contribution in [0.3, 0.4) is 0 Å². The second kappa shape index (κ2) is 8.67. The zero-order chi connectivity index (χ0) is 11.7. The minimum atomic E-state index is -0.885. The molecule has 0 radical (unpaired) electrons. The fraction of sp³-hybridized carbons (Fsp3) is 0.800.